The van der Waals surface area contributed by atoms with Crippen LogP contribution >= 0.6 is 0 Å². The summed E-state index contributed by atoms with van der Waals surface area (Å²) in [7, 11) is 0. The Morgan fingerprint density at radius 1 is 1.25 bits per heavy atom. The number of rotatable bonds is 4. The molecule has 1 N–H and O–H groups in total. The average Bonchev–Trinajstić information content (AvgIpc) is 2.92. The third-order valence-corrected chi connectivity index (χ3v) is 3.69. The summed E-state index contributed by atoms with van der Waals surface area (Å²) in [4.78, 5) is 14.4. The number of carbonyl (C=O) groups is 1. The lowest BCUT2D eigenvalue weighted by molar-refractivity contribution is -0.131. The fourth-order valence-electron chi connectivity index (χ4n) is 2.47. The maximum atomic E-state index is 12.3. The van der Waals surface area contributed by atoms with Crippen molar-refractivity contribution >= 4 is 5.91 Å². The van der Waals surface area contributed by atoms with E-state index in [0.29, 0.717) is 17.7 Å². The van der Waals surface area contributed by atoms with Gasteiger partial charge in [0.1, 0.15) is 0 Å². The van der Waals surface area contributed by atoms with E-state index in [2.05, 4.69) is 37.9 Å². The van der Waals surface area contributed by atoms with Crippen LogP contribution in [0.15, 0.2) is 0 Å². The smallest absolute Gasteiger partial charge is 0.241 e. The van der Waals surface area contributed by atoms with Gasteiger partial charge >= 0.3 is 0 Å². The second-order valence-corrected chi connectivity index (χ2v) is 6.01. The van der Waals surface area contributed by atoms with Crippen LogP contribution in [0.5, 0.6) is 0 Å². The minimum Gasteiger partial charge on any atom is -0.325 e. The van der Waals surface area contributed by atoms with Gasteiger partial charge in [-0.25, -0.2) is 0 Å². The summed E-state index contributed by atoms with van der Waals surface area (Å²) in [6.45, 7) is 9.58. The first-order valence-electron chi connectivity index (χ1n) is 6.57. The lowest BCUT2D eigenvalue weighted by Crippen LogP contribution is -2.42. The molecular formula is C13H24N2O. The predicted molar refractivity (Wildman–Crippen MR) is 64.8 cm³/mol. The van der Waals surface area contributed by atoms with Gasteiger partial charge in [-0.2, -0.15) is 0 Å². The zero-order valence-corrected chi connectivity index (χ0v) is 10.9. The van der Waals surface area contributed by atoms with Crippen LogP contribution in [0, 0.1) is 17.8 Å². The second-order valence-electron chi connectivity index (χ2n) is 6.01. The third-order valence-electron chi connectivity index (χ3n) is 3.69. The van der Waals surface area contributed by atoms with Gasteiger partial charge in [-0.15, -0.1) is 0 Å². The van der Waals surface area contributed by atoms with Crippen molar-refractivity contribution in [1.29, 1.82) is 0 Å². The molecule has 0 aromatic rings. The number of carbonyl (C=O) groups excluding carboxylic acids is 1. The molecule has 1 aliphatic heterocycles. The number of hydrogen-bond acceptors (Lipinski definition) is 2. The first kappa shape index (κ1) is 11.9. The Bertz CT molecular complexity index is 271. The number of hydrogen-bond donors (Lipinski definition) is 1. The molecule has 0 spiro atoms. The summed E-state index contributed by atoms with van der Waals surface area (Å²) in [5.41, 5.74) is 0. The predicted octanol–water partition coefficient (Wildman–Crippen LogP) is 1.83. The van der Waals surface area contributed by atoms with E-state index in [4.69, 9.17) is 0 Å². The van der Waals surface area contributed by atoms with Gasteiger partial charge in [-0.1, -0.05) is 27.7 Å². The topological polar surface area (TPSA) is 32.3 Å². The highest BCUT2D eigenvalue weighted by molar-refractivity contribution is 5.84. The van der Waals surface area contributed by atoms with E-state index >= 15 is 0 Å². The Labute approximate surface area is 98.6 Å². The summed E-state index contributed by atoms with van der Waals surface area (Å²) in [5.74, 6) is 1.97. The molecular weight excluding hydrogens is 200 g/mol. The molecule has 1 saturated heterocycles. The van der Waals surface area contributed by atoms with Crippen LogP contribution in [-0.2, 0) is 4.79 Å². The van der Waals surface area contributed by atoms with Crippen molar-refractivity contribution in [3.63, 3.8) is 0 Å². The van der Waals surface area contributed by atoms with Crippen molar-refractivity contribution in [3.8, 4) is 0 Å². The number of nitrogens with one attached hydrogen (secondary N) is 1. The first-order chi connectivity index (χ1) is 7.50. The fraction of sp³-hybridized carbons (Fsp3) is 0.923. The minimum atomic E-state index is 0.0335. The van der Waals surface area contributed by atoms with E-state index in [0.717, 1.165) is 12.5 Å². The van der Waals surface area contributed by atoms with Crippen LogP contribution in [0.25, 0.3) is 0 Å². The molecule has 2 unspecified atom stereocenters. The van der Waals surface area contributed by atoms with Gasteiger partial charge in [0, 0.05) is 6.54 Å². The van der Waals surface area contributed by atoms with E-state index in [1.165, 1.54) is 12.8 Å². The number of amides is 1. The van der Waals surface area contributed by atoms with Crippen LogP contribution in [0.4, 0.5) is 0 Å². The lowest BCUT2D eigenvalue weighted by Gasteiger charge is -2.27. The molecule has 3 heteroatoms. The van der Waals surface area contributed by atoms with Crippen molar-refractivity contribution < 1.29 is 4.79 Å². The van der Waals surface area contributed by atoms with E-state index in [1.807, 2.05) is 0 Å². The summed E-state index contributed by atoms with van der Waals surface area (Å²) in [6.07, 6.45) is 2.86. The first-order valence-corrected chi connectivity index (χ1v) is 6.57. The summed E-state index contributed by atoms with van der Waals surface area (Å²) >= 11 is 0. The highest BCUT2D eigenvalue weighted by Gasteiger charge is 2.43. The standard InChI is InChI=1S/C13H24N2O/c1-8(2)11-13(16)15(7-10-5-6-10)12(14-11)9(3)4/h8-12,14H,5-7H2,1-4H3. The largest absolute Gasteiger partial charge is 0.325 e. The zero-order valence-electron chi connectivity index (χ0n) is 10.9. The fourth-order valence-corrected chi connectivity index (χ4v) is 2.47. The van der Waals surface area contributed by atoms with Crippen molar-refractivity contribution in [2.75, 3.05) is 6.54 Å². The zero-order chi connectivity index (χ0) is 11.9. The average molecular weight is 224 g/mol. The highest BCUT2D eigenvalue weighted by atomic mass is 16.2. The maximum absolute atomic E-state index is 12.3. The molecule has 0 aromatic carbocycles. The quantitative estimate of drug-likeness (QED) is 0.790. The maximum Gasteiger partial charge on any atom is 0.241 e. The monoisotopic (exact) mass is 224 g/mol. The van der Waals surface area contributed by atoms with E-state index in [9.17, 15) is 4.79 Å². The lowest BCUT2D eigenvalue weighted by atomic mass is 10.0. The van der Waals surface area contributed by atoms with Gasteiger partial charge in [0.05, 0.1) is 12.2 Å². The van der Waals surface area contributed by atoms with Gasteiger partial charge in [0.25, 0.3) is 0 Å². The Morgan fingerprint density at radius 2 is 1.88 bits per heavy atom. The molecule has 2 aliphatic rings. The summed E-state index contributed by atoms with van der Waals surface area (Å²) in [5, 5.41) is 3.50. The molecule has 1 heterocycles. The molecule has 0 bridgehead atoms. The molecule has 1 saturated carbocycles. The molecule has 92 valence electrons. The molecule has 2 atom stereocenters. The van der Waals surface area contributed by atoms with Crippen LogP contribution in [0.3, 0.4) is 0 Å². The molecule has 3 nitrogen and oxygen atoms in total. The Hall–Kier alpha value is -0.570. The van der Waals surface area contributed by atoms with Crippen LogP contribution in [0.2, 0.25) is 0 Å². The third kappa shape index (κ3) is 2.24. The Kier molecular flexibility index (Phi) is 3.24. The molecule has 2 rings (SSSR count). The van der Waals surface area contributed by atoms with Gasteiger partial charge in [-0.3, -0.25) is 10.1 Å². The molecule has 2 fully saturated rings. The van der Waals surface area contributed by atoms with Crippen LogP contribution in [0.1, 0.15) is 40.5 Å². The molecule has 16 heavy (non-hydrogen) atoms. The van der Waals surface area contributed by atoms with Gasteiger partial charge in [0.2, 0.25) is 5.91 Å². The summed E-state index contributed by atoms with van der Waals surface area (Å²) in [6, 6.07) is 0.0335. The molecule has 1 amide bonds. The highest BCUT2D eigenvalue weighted by Crippen LogP contribution is 2.33. The SMILES string of the molecule is CC(C)C1NC(C(C)C)N(CC2CC2)C1=O. The van der Waals surface area contributed by atoms with Crippen molar-refractivity contribution in [3.05, 3.63) is 0 Å². The van der Waals surface area contributed by atoms with Crippen LogP contribution in [-0.4, -0.2) is 29.6 Å². The van der Waals surface area contributed by atoms with Gasteiger partial charge in [0.15, 0.2) is 0 Å². The van der Waals surface area contributed by atoms with Crippen molar-refractivity contribution in [2.24, 2.45) is 17.8 Å². The summed E-state index contributed by atoms with van der Waals surface area (Å²) < 4.78 is 0. The van der Waals surface area contributed by atoms with E-state index in [1.54, 1.807) is 0 Å². The number of nitrogens with zero attached hydrogens (tertiary/aromatic N) is 1. The molecule has 0 aromatic heterocycles. The Morgan fingerprint density at radius 3 is 2.31 bits per heavy atom. The van der Waals surface area contributed by atoms with E-state index < -0.39 is 0 Å². The van der Waals surface area contributed by atoms with E-state index in [-0.39, 0.29) is 12.2 Å². The molecule has 0 radical (unpaired) electrons. The van der Waals surface area contributed by atoms with Crippen molar-refractivity contribution in [1.82, 2.24) is 10.2 Å². The second kappa shape index (κ2) is 4.36. The molecule has 1 aliphatic carbocycles. The van der Waals surface area contributed by atoms with Crippen LogP contribution < -0.4 is 5.32 Å². The Balaban J connectivity index is 2.07. The van der Waals surface area contributed by atoms with Gasteiger partial charge < -0.3 is 4.90 Å². The van der Waals surface area contributed by atoms with Gasteiger partial charge in [-0.05, 0) is 30.6 Å². The van der Waals surface area contributed by atoms with Crippen molar-refractivity contribution in [2.45, 2.75) is 52.7 Å². The minimum absolute atomic E-state index is 0.0335. The normalized spacial score (nSPS) is 30.9.